The van der Waals surface area contributed by atoms with Crippen LogP contribution in [0.25, 0.3) is 43.1 Å². The molecule has 4 heteroatoms. The number of hydrogen-bond acceptors (Lipinski definition) is 4. The van der Waals surface area contributed by atoms with Gasteiger partial charge in [-0.2, -0.15) is 0 Å². The normalized spacial score (nSPS) is 29.9. The highest BCUT2D eigenvalue weighted by molar-refractivity contribution is 6.36. The maximum atomic E-state index is 13.8. The maximum absolute atomic E-state index is 13.8. The fourth-order valence-corrected chi connectivity index (χ4v) is 12.4. The van der Waals surface area contributed by atoms with E-state index in [1.54, 1.807) is 6.07 Å². The second-order valence-corrected chi connectivity index (χ2v) is 16.8. The predicted octanol–water partition coefficient (Wildman–Crippen LogP) is 9.25. The van der Waals surface area contributed by atoms with Crippen LogP contribution in [0.3, 0.4) is 0 Å². The molecule has 5 aromatic carbocycles. The van der Waals surface area contributed by atoms with E-state index in [1.165, 1.54) is 75.2 Å². The van der Waals surface area contributed by atoms with Crippen molar-refractivity contribution in [2.45, 2.75) is 127 Å². The second-order valence-electron chi connectivity index (χ2n) is 16.8. The average Bonchev–Trinajstić information content (AvgIpc) is 3.11. The first-order chi connectivity index (χ1) is 23.2. The fourth-order valence-electron chi connectivity index (χ4n) is 12.4. The number of carboxylic acid groups (broad SMARTS) is 2. The molecule has 6 aliphatic carbocycles. The van der Waals surface area contributed by atoms with Crippen LogP contribution >= 0.6 is 0 Å². The summed E-state index contributed by atoms with van der Waals surface area (Å²) in [6.45, 7) is 4.62. The van der Waals surface area contributed by atoms with Gasteiger partial charge >= 0.3 is 0 Å². The third-order valence-electron chi connectivity index (χ3n) is 14.8. The number of carboxylic acids is 2. The van der Waals surface area contributed by atoms with Crippen molar-refractivity contribution in [2.75, 3.05) is 0 Å². The highest BCUT2D eigenvalue weighted by Gasteiger charge is 2.55. The van der Waals surface area contributed by atoms with Gasteiger partial charge < -0.3 is 19.8 Å². The SMILES string of the molecule is CCCC12CCC(c3c(C(=O)[O-])c4cccc5c6ccc(C(=O)[O-])c7cccc(c(c3C38CCC(CCC)(CC3)CC8)c45)c76)(CC1)CC2. The van der Waals surface area contributed by atoms with Crippen LogP contribution in [0, 0.1) is 10.8 Å². The zero-order valence-corrected chi connectivity index (χ0v) is 28.6. The summed E-state index contributed by atoms with van der Waals surface area (Å²) in [5.74, 6) is -2.21. The van der Waals surface area contributed by atoms with E-state index in [4.69, 9.17) is 0 Å². The molecule has 0 aliphatic heterocycles. The van der Waals surface area contributed by atoms with Crippen molar-refractivity contribution in [1.82, 2.24) is 0 Å². The van der Waals surface area contributed by atoms with Crippen molar-refractivity contribution in [3.8, 4) is 0 Å². The Labute approximate surface area is 283 Å². The Morgan fingerprint density at radius 1 is 0.521 bits per heavy atom. The molecule has 0 saturated heterocycles. The Balaban J connectivity index is 1.45. The predicted molar refractivity (Wildman–Crippen MR) is 190 cm³/mol. The molecular weight excluding hydrogens is 592 g/mol. The minimum absolute atomic E-state index is 0.110. The molecule has 0 heterocycles. The topological polar surface area (TPSA) is 80.3 Å². The molecule has 0 atom stereocenters. The fraction of sp³-hybridized carbons (Fsp3) is 0.500. The lowest BCUT2D eigenvalue weighted by Crippen LogP contribution is -2.49. The summed E-state index contributed by atoms with van der Waals surface area (Å²) in [6.07, 6.45) is 18.4. The van der Waals surface area contributed by atoms with E-state index in [1.807, 2.05) is 30.3 Å². The zero-order chi connectivity index (χ0) is 33.1. The molecule has 48 heavy (non-hydrogen) atoms. The molecule has 6 aliphatic rings. The van der Waals surface area contributed by atoms with E-state index >= 15 is 0 Å². The summed E-state index contributed by atoms with van der Waals surface area (Å²) in [4.78, 5) is 26.2. The average molecular weight is 639 g/mol. The van der Waals surface area contributed by atoms with Crippen molar-refractivity contribution in [2.24, 2.45) is 10.8 Å². The first kappa shape index (κ1) is 30.4. The van der Waals surface area contributed by atoms with Gasteiger partial charge in [0, 0.05) is 11.1 Å². The summed E-state index contributed by atoms with van der Waals surface area (Å²) in [5, 5.41) is 33.9. The van der Waals surface area contributed by atoms with Gasteiger partial charge in [-0.1, -0.05) is 75.2 Å². The highest BCUT2D eigenvalue weighted by atomic mass is 16.4. The summed E-state index contributed by atoms with van der Waals surface area (Å²) in [7, 11) is 0. The lowest BCUT2D eigenvalue weighted by Gasteiger charge is -2.59. The molecule has 6 fully saturated rings. The van der Waals surface area contributed by atoms with Gasteiger partial charge in [-0.3, -0.25) is 0 Å². The Kier molecular flexibility index (Phi) is 6.60. The van der Waals surface area contributed by atoms with Crippen LogP contribution in [0.15, 0.2) is 48.5 Å². The van der Waals surface area contributed by atoms with Crippen LogP contribution in [-0.4, -0.2) is 11.9 Å². The molecule has 4 nitrogen and oxygen atoms in total. The molecule has 0 aromatic heterocycles. The summed E-state index contributed by atoms with van der Waals surface area (Å²) in [6, 6.07) is 15.8. The molecule has 5 aromatic rings. The quantitative estimate of drug-likeness (QED) is 0.125. The van der Waals surface area contributed by atoms with E-state index in [9.17, 15) is 19.8 Å². The van der Waals surface area contributed by atoms with Gasteiger partial charge in [-0.05, 0) is 166 Å². The first-order valence-corrected chi connectivity index (χ1v) is 18.8. The van der Waals surface area contributed by atoms with Crippen LogP contribution in [-0.2, 0) is 10.8 Å². The largest absolute Gasteiger partial charge is 0.545 e. The smallest absolute Gasteiger partial charge is 0.0724 e. The van der Waals surface area contributed by atoms with Crippen LogP contribution in [0.2, 0.25) is 0 Å². The van der Waals surface area contributed by atoms with E-state index in [-0.39, 0.29) is 16.4 Å². The molecule has 0 spiro atoms. The van der Waals surface area contributed by atoms with E-state index in [2.05, 4.69) is 26.0 Å². The van der Waals surface area contributed by atoms with Crippen LogP contribution in [0.4, 0.5) is 0 Å². The highest BCUT2D eigenvalue weighted by Crippen LogP contribution is 2.66. The van der Waals surface area contributed by atoms with Crippen molar-refractivity contribution >= 4 is 55.0 Å². The Morgan fingerprint density at radius 3 is 1.52 bits per heavy atom. The van der Waals surface area contributed by atoms with Crippen LogP contribution in [0.1, 0.15) is 148 Å². The number of benzene rings is 5. The van der Waals surface area contributed by atoms with Gasteiger partial charge in [-0.25, -0.2) is 0 Å². The van der Waals surface area contributed by atoms with Gasteiger partial charge in [-0.15, -0.1) is 0 Å². The summed E-state index contributed by atoms with van der Waals surface area (Å²) in [5.41, 5.74) is 3.58. The summed E-state index contributed by atoms with van der Waals surface area (Å²) < 4.78 is 0. The van der Waals surface area contributed by atoms with Gasteiger partial charge in [0.05, 0.1) is 11.9 Å². The van der Waals surface area contributed by atoms with Crippen molar-refractivity contribution in [3.63, 3.8) is 0 Å². The van der Waals surface area contributed by atoms with Crippen LogP contribution in [0.5, 0.6) is 0 Å². The van der Waals surface area contributed by atoms with Crippen molar-refractivity contribution in [1.29, 1.82) is 0 Å². The molecular formula is C44H46O4-2. The Hall–Kier alpha value is -3.66. The van der Waals surface area contributed by atoms with Gasteiger partial charge in [0.1, 0.15) is 0 Å². The van der Waals surface area contributed by atoms with Crippen LogP contribution < -0.4 is 10.2 Å². The first-order valence-electron chi connectivity index (χ1n) is 18.8. The van der Waals surface area contributed by atoms with E-state index < -0.39 is 11.9 Å². The third kappa shape index (κ3) is 3.95. The molecule has 0 amide bonds. The molecule has 248 valence electrons. The number of fused-ring (bicyclic) bond motifs is 8. The molecule has 0 unspecified atom stereocenters. The van der Waals surface area contributed by atoms with E-state index in [0.717, 1.165) is 76.4 Å². The van der Waals surface area contributed by atoms with Gasteiger partial charge in [0.2, 0.25) is 0 Å². The van der Waals surface area contributed by atoms with Gasteiger partial charge in [0.15, 0.2) is 0 Å². The molecule has 4 bridgehead atoms. The number of rotatable bonds is 8. The molecule has 6 saturated carbocycles. The Bertz CT molecular complexity index is 2100. The molecule has 0 radical (unpaired) electrons. The van der Waals surface area contributed by atoms with Gasteiger partial charge in [0.25, 0.3) is 0 Å². The van der Waals surface area contributed by atoms with E-state index in [0.29, 0.717) is 21.8 Å². The number of aromatic carboxylic acids is 2. The van der Waals surface area contributed by atoms with Crippen molar-refractivity contribution in [3.05, 3.63) is 70.8 Å². The second kappa shape index (κ2) is 10.4. The third-order valence-corrected chi connectivity index (χ3v) is 14.8. The lowest BCUT2D eigenvalue weighted by atomic mass is 9.46. The van der Waals surface area contributed by atoms with Crippen molar-refractivity contribution < 1.29 is 19.8 Å². The lowest BCUT2D eigenvalue weighted by molar-refractivity contribution is -0.256. The number of carbonyl (C=O) groups is 2. The standard InChI is InChI=1S/C44H48O4/c1-3-13-41-15-21-43(22-16-41,23-17-41)37-35-31-9-6-8-28-30(39(45)46)12-11-29(33(28)31)27-7-5-10-32(34(27)35)36(40(47)48)38(37)44-24-18-42(14-4-2,19-25-44)20-26-44/h5-12H,3-4,13-26H2,1-2H3,(H,45,46)(H,47,48)/p-2. The monoisotopic (exact) mass is 638 g/mol. The number of hydrogen-bond donors (Lipinski definition) is 0. The Morgan fingerprint density at radius 2 is 1.00 bits per heavy atom. The number of carbonyl (C=O) groups excluding carboxylic acids is 2. The molecule has 11 rings (SSSR count). The zero-order valence-electron chi connectivity index (χ0n) is 28.6. The minimum Gasteiger partial charge on any atom is -0.545 e. The maximum Gasteiger partial charge on any atom is 0.0724 e. The summed E-state index contributed by atoms with van der Waals surface area (Å²) >= 11 is 0. The minimum atomic E-state index is -1.17. The molecule has 0 N–H and O–H groups in total.